The first-order chi connectivity index (χ1) is 15.9. The average Bonchev–Trinajstić information content (AvgIpc) is 2.74. The molecule has 2 saturated heterocycles. The lowest BCUT2D eigenvalue weighted by Gasteiger charge is -2.35. The summed E-state index contributed by atoms with van der Waals surface area (Å²) in [6.45, 7) is 14.0. The summed E-state index contributed by atoms with van der Waals surface area (Å²) in [6, 6.07) is 4.46. The van der Waals surface area contributed by atoms with Crippen LogP contribution in [0.1, 0.15) is 67.2 Å². The molecular formula is C25H41N5O4. The maximum Gasteiger partial charge on any atom is 0.410 e. The van der Waals surface area contributed by atoms with Gasteiger partial charge in [-0.2, -0.15) is 0 Å². The number of anilines is 2. The van der Waals surface area contributed by atoms with E-state index in [2.05, 4.69) is 15.6 Å². The van der Waals surface area contributed by atoms with Gasteiger partial charge in [0.05, 0.1) is 5.69 Å². The minimum absolute atomic E-state index is 0.239. The highest BCUT2D eigenvalue weighted by molar-refractivity contribution is 5.69. The largest absolute Gasteiger partial charge is 0.444 e. The van der Waals surface area contributed by atoms with Gasteiger partial charge in [0.1, 0.15) is 17.0 Å². The summed E-state index contributed by atoms with van der Waals surface area (Å²) in [7, 11) is 0. The van der Waals surface area contributed by atoms with Crippen molar-refractivity contribution >= 4 is 23.7 Å². The Balaban J connectivity index is 1.49. The summed E-state index contributed by atoms with van der Waals surface area (Å²) in [6.07, 6.45) is 4.67. The van der Waals surface area contributed by atoms with Crippen LogP contribution < -0.4 is 10.6 Å². The molecule has 2 N–H and O–H groups in total. The Morgan fingerprint density at radius 1 is 0.824 bits per heavy atom. The summed E-state index contributed by atoms with van der Waals surface area (Å²) >= 11 is 0. The molecule has 0 aliphatic carbocycles. The standard InChI is InChI=1S/C25H41N5O4/c1-24(2,3)33-22(31)29-14-9-18(10-15-29)27-20-8-7-13-26-21(20)28-19-11-16-30(17-12-19)23(32)34-25(4,5)6/h7-8,13,18-19,27H,9-12,14-17H2,1-6H3,(H,26,28). The van der Waals surface area contributed by atoms with Crippen molar-refractivity contribution in [2.75, 3.05) is 36.8 Å². The molecule has 0 saturated carbocycles. The Bertz CT molecular complexity index is 763. The topological polar surface area (TPSA) is 96.0 Å². The molecule has 0 spiro atoms. The summed E-state index contributed by atoms with van der Waals surface area (Å²) in [5.74, 6) is 0.827. The molecule has 0 atom stereocenters. The van der Waals surface area contributed by atoms with Crippen molar-refractivity contribution in [3.63, 3.8) is 0 Å². The zero-order valence-electron chi connectivity index (χ0n) is 21.5. The molecular weight excluding hydrogens is 434 g/mol. The molecule has 9 nitrogen and oxygen atoms in total. The van der Waals surface area contributed by atoms with Gasteiger partial charge in [-0.15, -0.1) is 0 Å². The number of pyridine rings is 1. The number of carbonyl (C=O) groups excluding carboxylic acids is 2. The number of hydrogen-bond donors (Lipinski definition) is 2. The second-order valence-electron chi connectivity index (χ2n) is 11.2. The van der Waals surface area contributed by atoms with Gasteiger partial charge in [-0.05, 0) is 79.4 Å². The molecule has 3 heterocycles. The number of nitrogens with one attached hydrogen (secondary N) is 2. The zero-order valence-corrected chi connectivity index (χ0v) is 21.5. The Morgan fingerprint density at radius 2 is 1.26 bits per heavy atom. The Hall–Kier alpha value is -2.71. The molecule has 1 aromatic rings. The number of carbonyl (C=O) groups is 2. The number of nitrogens with zero attached hydrogens (tertiary/aromatic N) is 3. The minimum Gasteiger partial charge on any atom is -0.444 e. The maximum atomic E-state index is 12.3. The van der Waals surface area contributed by atoms with E-state index in [1.807, 2.05) is 53.7 Å². The monoisotopic (exact) mass is 475 g/mol. The van der Waals surface area contributed by atoms with Gasteiger partial charge in [-0.25, -0.2) is 14.6 Å². The molecule has 0 radical (unpaired) electrons. The maximum absolute atomic E-state index is 12.3. The lowest BCUT2D eigenvalue weighted by Crippen LogP contribution is -2.45. The van der Waals surface area contributed by atoms with Crippen LogP contribution in [0.15, 0.2) is 18.3 Å². The molecule has 190 valence electrons. The zero-order chi connectivity index (χ0) is 24.9. The van der Waals surface area contributed by atoms with Crippen molar-refractivity contribution in [3.8, 4) is 0 Å². The van der Waals surface area contributed by atoms with E-state index >= 15 is 0 Å². The molecule has 0 bridgehead atoms. The summed E-state index contributed by atoms with van der Waals surface area (Å²) in [4.78, 5) is 32.8. The van der Waals surface area contributed by atoms with Crippen molar-refractivity contribution in [3.05, 3.63) is 18.3 Å². The average molecular weight is 476 g/mol. The van der Waals surface area contributed by atoms with Crippen LogP contribution in [0.2, 0.25) is 0 Å². The Labute approximate surface area is 203 Å². The van der Waals surface area contributed by atoms with E-state index in [4.69, 9.17) is 9.47 Å². The van der Waals surface area contributed by atoms with E-state index in [0.29, 0.717) is 26.2 Å². The number of rotatable bonds is 4. The smallest absolute Gasteiger partial charge is 0.410 e. The Kier molecular flexibility index (Phi) is 8.15. The van der Waals surface area contributed by atoms with Crippen LogP contribution in [0.5, 0.6) is 0 Å². The van der Waals surface area contributed by atoms with E-state index in [-0.39, 0.29) is 24.3 Å². The number of aromatic nitrogens is 1. The molecule has 2 aliphatic rings. The number of amides is 2. The predicted molar refractivity (Wildman–Crippen MR) is 133 cm³/mol. The molecule has 0 aromatic carbocycles. The fourth-order valence-corrected chi connectivity index (χ4v) is 4.12. The van der Waals surface area contributed by atoms with Crippen molar-refractivity contribution in [2.24, 2.45) is 0 Å². The van der Waals surface area contributed by atoms with Gasteiger partial charge in [-0.1, -0.05) is 0 Å². The second-order valence-corrected chi connectivity index (χ2v) is 11.2. The minimum atomic E-state index is -0.482. The summed E-state index contributed by atoms with van der Waals surface area (Å²) in [5.41, 5.74) is 0.00253. The Morgan fingerprint density at radius 3 is 1.71 bits per heavy atom. The highest BCUT2D eigenvalue weighted by Gasteiger charge is 2.29. The van der Waals surface area contributed by atoms with Crippen LogP contribution in [0.3, 0.4) is 0 Å². The molecule has 2 amide bonds. The molecule has 3 rings (SSSR count). The third-order valence-electron chi connectivity index (χ3n) is 5.80. The first-order valence-corrected chi connectivity index (χ1v) is 12.3. The van der Waals surface area contributed by atoms with Gasteiger partial charge >= 0.3 is 12.2 Å². The number of ether oxygens (including phenoxy) is 2. The number of hydrogen-bond acceptors (Lipinski definition) is 7. The van der Waals surface area contributed by atoms with E-state index in [0.717, 1.165) is 37.2 Å². The fourth-order valence-electron chi connectivity index (χ4n) is 4.12. The molecule has 2 aliphatic heterocycles. The number of likely N-dealkylation sites (tertiary alicyclic amines) is 2. The molecule has 9 heteroatoms. The van der Waals surface area contributed by atoms with Crippen LogP contribution in [0, 0.1) is 0 Å². The molecule has 1 aromatic heterocycles. The van der Waals surface area contributed by atoms with Crippen LogP contribution in [-0.4, -0.2) is 76.4 Å². The van der Waals surface area contributed by atoms with Crippen LogP contribution in [0.4, 0.5) is 21.1 Å². The van der Waals surface area contributed by atoms with Gasteiger partial charge in [0.15, 0.2) is 0 Å². The van der Waals surface area contributed by atoms with E-state index in [9.17, 15) is 9.59 Å². The first kappa shape index (κ1) is 25.9. The predicted octanol–water partition coefficient (Wildman–Crippen LogP) is 4.70. The highest BCUT2D eigenvalue weighted by Crippen LogP contribution is 2.26. The van der Waals surface area contributed by atoms with Crippen molar-refractivity contribution < 1.29 is 19.1 Å². The highest BCUT2D eigenvalue weighted by atomic mass is 16.6. The van der Waals surface area contributed by atoms with Crippen molar-refractivity contribution in [2.45, 2.75) is 90.5 Å². The van der Waals surface area contributed by atoms with Gasteiger partial charge in [-0.3, -0.25) is 0 Å². The van der Waals surface area contributed by atoms with E-state index in [1.54, 1.807) is 16.0 Å². The fraction of sp³-hybridized carbons (Fsp3) is 0.720. The normalized spacial score (nSPS) is 18.4. The molecule has 2 fully saturated rings. The van der Waals surface area contributed by atoms with Crippen LogP contribution in [0.25, 0.3) is 0 Å². The van der Waals surface area contributed by atoms with E-state index in [1.165, 1.54) is 0 Å². The summed E-state index contributed by atoms with van der Waals surface area (Å²) in [5, 5.41) is 7.17. The van der Waals surface area contributed by atoms with Gasteiger partial charge in [0, 0.05) is 44.5 Å². The lowest BCUT2D eigenvalue weighted by molar-refractivity contribution is 0.0199. The van der Waals surface area contributed by atoms with Crippen molar-refractivity contribution in [1.82, 2.24) is 14.8 Å². The first-order valence-electron chi connectivity index (χ1n) is 12.3. The molecule has 0 unspecified atom stereocenters. The lowest BCUT2D eigenvalue weighted by atomic mass is 10.0. The molecule has 34 heavy (non-hydrogen) atoms. The second kappa shape index (κ2) is 10.7. The summed E-state index contributed by atoms with van der Waals surface area (Å²) < 4.78 is 11.0. The van der Waals surface area contributed by atoms with Gasteiger partial charge < -0.3 is 29.9 Å². The third-order valence-corrected chi connectivity index (χ3v) is 5.80. The van der Waals surface area contributed by atoms with Crippen molar-refractivity contribution in [1.29, 1.82) is 0 Å². The third kappa shape index (κ3) is 7.95. The van der Waals surface area contributed by atoms with Gasteiger partial charge in [0.25, 0.3) is 0 Å². The van der Waals surface area contributed by atoms with Gasteiger partial charge in [0.2, 0.25) is 0 Å². The van der Waals surface area contributed by atoms with Crippen LogP contribution >= 0.6 is 0 Å². The SMILES string of the molecule is CC(C)(C)OC(=O)N1CCC(Nc2cccnc2NC2CCN(C(=O)OC(C)(C)C)CC2)CC1. The van der Waals surface area contributed by atoms with E-state index < -0.39 is 11.2 Å². The number of piperidine rings is 2. The quantitative estimate of drug-likeness (QED) is 0.651. The van der Waals surface area contributed by atoms with Crippen LogP contribution in [-0.2, 0) is 9.47 Å².